The molecule has 2 aliphatic rings. The van der Waals surface area contributed by atoms with Gasteiger partial charge in [-0.15, -0.1) is 0 Å². The van der Waals surface area contributed by atoms with Crippen molar-refractivity contribution in [3.05, 3.63) is 35.4 Å². The van der Waals surface area contributed by atoms with Gasteiger partial charge in [-0.3, -0.25) is 4.79 Å². The Bertz CT molecular complexity index is 444. The molecule has 3 rings (SSSR count). The molecule has 3 heteroatoms. The van der Waals surface area contributed by atoms with Crippen LogP contribution in [-0.2, 0) is 6.42 Å². The fourth-order valence-electron chi connectivity index (χ4n) is 2.96. The monoisotopic (exact) mass is 230 g/mol. The highest BCUT2D eigenvalue weighted by Gasteiger charge is 2.32. The number of hydrogen-bond acceptors (Lipinski definition) is 2. The first kappa shape index (κ1) is 10.8. The second-order valence-electron chi connectivity index (χ2n) is 5.11. The van der Waals surface area contributed by atoms with Gasteiger partial charge in [0.15, 0.2) is 0 Å². The second-order valence-corrected chi connectivity index (χ2v) is 5.11. The van der Waals surface area contributed by atoms with Gasteiger partial charge in [-0.1, -0.05) is 18.2 Å². The molecule has 1 saturated heterocycles. The van der Waals surface area contributed by atoms with Gasteiger partial charge in [0.2, 0.25) is 0 Å². The van der Waals surface area contributed by atoms with E-state index in [0.29, 0.717) is 6.04 Å². The number of carbonyl (C=O) groups excluding carboxylic acids is 1. The third-order valence-corrected chi connectivity index (χ3v) is 3.94. The number of carbonyl (C=O) groups is 1. The Morgan fingerprint density at radius 2 is 2.06 bits per heavy atom. The molecule has 0 saturated carbocycles. The lowest BCUT2D eigenvalue weighted by Gasteiger charge is -2.33. The van der Waals surface area contributed by atoms with E-state index < -0.39 is 0 Å². The van der Waals surface area contributed by atoms with Crippen LogP contribution < -0.4 is 0 Å². The van der Waals surface area contributed by atoms with Gasteiger partial charge >= 0.3 is 0 Å². The Labute approximate surface area is 102 Å². The lowest BCUT2D eigenvalue weighted by atomic mass is 9.97. The molecule has 3 nitrogen and oxygen atoms in total. The molecule has 1 aromatic rings. The van der Waals surface area contributed by atoms with Crippen LogP contribution in [0.25, 0.3) is 0 Å². The van der Waals surface area contributed by atoms with Gasteiger partial charge in [-0.25, -0.2) is 0 Å². The number of amides is 1. The molecule has 2 aliphatic heterocycles. The third-order valence-electron chi connectivity index (χ3n) is 3.94. The minimum atomic E-state index is 0.229. The van der Waals surface area contributed by atoms with Crippen LogP contribution in [0.4, 0.5) is 0 Å². The average molecular weight is 230 g/mol. The molecule has 17 heavy (non-hydrogen) atoms. The third kappa shape index (κ3) is 1.84. The SMILES string of the molecule is CN1CCC(N2CCc3ccccc3C2=O)C1. The zero-order chi connectivity index (χ0) is 11.8. The van der Waals surface area contributed by atoms with Crippen LogP contribution in [0, 0.1) is 0 Å². The summed E-state index contributed by atoms with van der Waals surface area (Å²) in [7, 11) is 2.13. The van der Waals surface area contributed by atoms with E-state index in [1.165, 1.54) is 5.56 Å². The minimum absolute atomic E-state index is 0.229. The van der Waals surface area contributed by atoms with Gasteiger partial charge in [0.05, 0.1) is 0 Å². The highest BCUT2D eigenvalue weighted by Crippen LogP contribution is 2.23. The second kappa shape index (κ2) is 4.15. The fraction of sp³-hybridized carbons (Fsp3) is 0.500. The summed E-state index contributed by atoms with van der Waals surface area (Å²) in [5.41, 5.74) is 2.12. The predicted molar refractivity (Wildman–Crippen MR) is 67.1 cm³/mol. The number of likely N-dealkylation sites (N-methyl/N-ethyl adjacent to an activating group) is 1. The Morgan fingerprint density at radius 1 is 1.24 bits per heavy atom. The van der Waals surface area contributed by atoms with Crippen LogP contribution in [0.1, 0.15) is 22.3 Å². The van der Waals surface area contributed by atoms with Crippen LogP contribution in [0.3, 0.4) is 0 Å². The van der Waals surface area contributed by atoms with Crippen molar-refractivity contribution in [3.63, 3.8) is 0 Å². The first-order valence-electron chi connectivity index (χ1n) is 6.33. The predicted octanol–water partition coefficient (Wildman–Crippen LogP) is 1.39. The van der Waals surface area contributed by atoms with E-state index in [1.54, 1.807) is 0 Å². The lowest BCUT2D eigenvalue weighted by Crippen LogP contribution is -2.45. The number of fused-ring (bicyclic) bond motifs is 1. The molecular formula is C14H18N2O. The Morgan fingerprint density at radius 3 is 2.82 bits per heavy atom. The number of hydrogen-bond donors (Lipinski definition) is 0. The van der Waals surface area contributed by atoms with Crippen molar-refractivity contribution in [1.29, 1.82) is 0 Å². The van der Waals surface area contributed by atoms with Crippen molar-refractivity contribution in [2.24, 2.45) is 0 Å². The van der Waals surface area contributed by atoms with E-state index in [1.807, 2.05) is 18.2 Å². The molecule has 1 aromatic carbocycles. The Hall–Kier alpha value is -1.35. The molecule has 0 radical (unpaired) electrons. The molecule has 1 atom stereocenters. The van der Waals surface area contributed by atoms with Gasteiger partial charge in [-0.05, 0) is 38.1 Å². The minimum Gasteiger partial charge on any atom is -0.334 e. The molecule has 90 valence electrons. The summed E-state index contributed by atoms with van der Waals surface area (Å²) < 4.78 is 0. The van der Waals surface area contributed by atoms with Gasteiger partial charge < -0.3 is 9.80 Å². The average Bonchev–Trinajstić information content (AvgIpc) is 2.77. The number of nitrogens with zero attached hydrogens (tertiary/aromatic N) is 2. The van der Waals surface area contributed by atoms with E-state index in [-0.39, 0.29) is 5.91 Å². The molecule has 1 fully saturated rings. The van der Waals surface area contributed by atoms with Crippen LogP contribution >= 0.6 is 0 Å². The largest absolute Gasteiger partial charge is 0.334 e. The van der Waals surface area contributed by atoms with Crippen molar-refractivity contribution in [2.75, 3.05) is 26.7 Å². The van der Waals surface area contributed by atoms with Gasteiger partial charge in [0.25, 0.3) is 5.91 Å². The van der Waals surface area contributed by atoms with Gasteiger partial charge in [-0.2, -0.15) is 0 Å². The van der Waals surface area contributed by atoms with Crippen molar-refractivity contribution in [3.8, 4) is 0 Å². The highest BCUT2D eigenvalue weighted by molar-refractivity contribution is 5.97. The van der Waals surface area contributed by atoms with Crippen LogP contribution in [0.5, 0.6) is 0 Å². The van der Waals surface area contributed by atoms with E-state index in [9.17, 15) is 4.79 Å². The summed E-state index contributed by atoms with van der Waals surface area (Å²) >= 11 is 0. The van der Waals surface area contributed by atoms with E-state index in [0.717, 1.165) is 38.0 Å². The first-order chi connectivity index (χ1) is 8.25. The zero-order valence-electron chi connectivity index (χ0n) is 10.2. The van der Waals surface area contributed by atoms with E-state index in [2.05, 4.69) is 22.9 Å². The summed E-state index contributed by atoms with van der Waals surface area (Å²) in [6.45, 7) is 3.01. The maximum atomic E-state index is 12.4. The maximum absolute atomic E-state index is 12.4. The normalized spacial score (nSPS) is 25.1. The summed E-state index contributed by atoms with van der Waals surface area (Å²) in [6.07, 6.45) is 2.12. The van der Waals surface area contributed by atoms with Crippen LogP contribution in [0.2, 0.25) is 0 Å². The van der Waals surface area contributed by atoms with E-state index >= 15 is 0 Å². The first-order valence-corrected chi connectivity index (χ1v) is 6.33. The summed E-state index contributed by atoms with van der Waals surface area (Å²) in [6, 6.07) is 8.43. The molecule has 0 aliphatic carbocycles. The molecule has 0 N–H and O–H groups in total. The van der Waals surface area contributed by atoms with Crippen molar-refractivity contribution in [1.82, 2.24) is 9.80 Å². The number of benzene rings is 1. The summed E-state index contributed by atoms with van der Waals surface area (Å²) in [4.78, 5) is 16.8. The van der Waals surface area contributed by atoms with Crippen LogP contribution in [0.15, 0.2) is 24.3 Å². The maximum Gasteiger partial charge on any atom is 0.254 e. The number of rotatable bonds is 1. The lowest BCUT2D eigenvalue weighted by molar-refractivity contribution is 0.0667. The summed E-state index contributed by atoms with van der Waals surface area (Å²) in [5, 5.41) is 0. The highest BCUT2D eigenvalue weighted by atomic mass is 16.2. The standard InChI is InChI=1S/C14H18N2O/c1-15-8-7-12(10-15)16-9-6-11-4-2-3-5-13(11)14(16)17/h2-5,12H,6-10H2,1H3. The van der Waals surface area contributed by atoms with Crippen molar-refractivity contribution < 1.29 is 4.79 Å². The topological polar surface area (TPSA) is 23.6 Å². The van der Waals surface area contributed by atoms with E-state index in [4.69, 9.17) is 0 Å². The summed E-state index contributed by atoms with van der Waals surface area (Å²) in [5.74, 6) is 0.229. The van der Waals surface area contributed by atoms with Crippen molar-refractivity contribution >= 4 is 5.91 Å². The molecule has 0 aromatic heterocycles. The van der Waals surface area contributed by atoms with Crippen LogP contribution in [-0.4, -0.2) is 48.4 Å². The van der Waals surface area contributed by atoms with Gasteiger partial charge in [0.1, 0.15) is 0 Å². The molecule has 1 unspecified atom stereocenters. The molecule has 0 bridgehead atoms. The fourth-order valence-corrected chi connectivity index (χ4v) is 2.96. The smallest absolute Gasteiger partial charge is 0.254 e. The molecule has 1 amide bonds. The zero-order valence-corrected chi connectivity index (χ0v) is 10.2. The Kier molecular flexibility index (Phi) is 2.63. The number of likely N-dealkylation sites (tertiary alicyclic amines) is 1. The Balaban J connectivity index is 1.84. The molecule has 0 spiro atoms. The molecular weight excluding hydrogens is 212 g/mol. The van der Waals surface area contributed by atoms with Crippen molar-refractivity contribution in [2.45, 2.75) is 18.9 Å². The van der Waals surface area contributed by atoms with Gasteiger partial charge in [0, 0.05) is 24.7 Å². The molecule has 2 heterocycles. The quantitative estimate of drug-likeness (QED) is 0.728.